The van der Waals surface area contributed by atoms with Crippen molar-refractivity contribution < 1.29 is 9.47 Å². The number of unbranched alkanes of at least 4 members (excludes halogenated alkanes) is 2. The van der Waals surface area contributed by atoms with Crippen molar-refractivity contribution in [1.82, 2.24) is 0 Å². The normalized spacial score (nSPS) is 8.00. The Morgan fingerprint density at radius 1 is 1.22 bits per heavy atom. The molecular formula is C7H17FO. The highest BCUT2D eigenvalue weighted by Crippen LogP contribution is 1.93. The van der Waals surface area contributed by atoms with Crippen molar-refractivity contribution in [1.29, 1.82) is 0 Å². The molecule has 0 atom stereocenters. The molecule has 0 rings (SSSR count). The van der Waals surface area contributed by atoms with Crippen LogP contribution in [-0.4, -0.2) is 6.61 Å². The van der Waals surface area contributed by atoms with Gasteiger partial charge in [0.2, 0.25) is 0 Å². The second kappa shape index (κ2) is 15.7. The first-order valence-corrected chi connectivity index (χ1v) is 3.65. The van der Waals surface area contributed by atoms with Crippen LogP contribution >= 0.6 is 0 Å². The van der Waals surface area contributed by atoms with Crippen molar-refractivity contribution in [2.24, 2.45) is 0 Å². The third-order valence-corrected chi connectivity index (χ3v) is 0.825. The fraction of sp³-hybridized carbons (Fsp3) is 1.00. The molecule has 0 aromatic heterocycles. The molecule has 0 radical (unpaired) electrons. The molecule has 0 saturated carbocycles. The summed E-state index contributed by atoms with van der Waals surface area (Å²) in [6, 6.07) is 0. The van der Waals surface area contributed by atoms with E-state index in [0.29, 0.717) is 0 Å². The van der Waals surface area contributed by atoms with E-state index < -0.39 is 0 Å². The van der Waals surface area contributed by atoms with Crippen molar-refractivity contribution in [3.05, 3.63) is 0 Å². The van der Waals surface area contributed by atoms with Crippen LogP contribution in [-0.2, 0) is 4.94 Å². The predicted octanol–water partition coefficient (Wildman–Crippen LogP) is 3.10. The third-order valence-electron chi connectivity index (χ3n) is 0.825. The van der Waals surface area contributed by atoms with E-state index in [-0.39, 0.29) is 6.61 Å². The van der Waals surface area contributed by atoms with Crippen LogP contribution in [0, 0.1) is 0 Å². The van der Waals surface area contributed by atoms with Gasteiger partial charge < -0.3 is 0 Å². The summed E-state index contributed by atoms with van der Waals surface area (Å²) in [7, 11) is 0. The Bertz CT molecular complexity index is 28.1. The summed E-state index contributed by atoms with van der Waals surface area (Å²) < 4.78 is 10.8. The Morgan fingerprint density at radius 2 is 1.78 bits per heavy atom. The van der Waals surface area contributed by atoms with Gasteiger partial charge in [-0.2, -0.15) is 4.94 Å². The second-order valence-electron chi connectivity index (χ2n) is 1.52. The van der Waals surface area contributed by atoms with Crippen LogP contribution < -0.4 is 0 Å². The molecule has 9 heavy (non-hydrogen) atoms. The molecule has 58 valence electrons. The minimum Gasteiger partial charge on any atom is -0.194 e. The Morgan fingerprint density at radius 3 is 2.11 bits per heavy atom. The molecule has 0 aliphatic heterocycles. The zero-order valence-electron chi connectivity index (χ0n) is 6.61. The monoisotopic (exact) mass is 136 g/mol. The minimum absolute atomic E-state index is 0.258. The molecular weight excluding hydrogens is 119 g/mol. The summed E-state index contributed by atoms with van der Waals surface area (Å²) in [6.07, 6.45) is 3.01. The van der Waals surface area contributed by atoms with E-state index in [9.17, 15) is 4.53 Å². The average molecular weight is 136 g/mol. The highest BCUT2D eigenvalue weighted by atomic mass is 19.3. The molecule has 0 N–H and O–H groups in total. The van der Waals surface area contributed by atoms with Gasteiger partial charge in [-0.3, -0.25) is 0 Å². The van der Waals surface area contributed by atoms with Gasteiger partial charge in [0, 0.05) is 0 Å². The largest absolute Gasteiger partial charge is 0.194 e. The van der Waals surface area contributed by atoms with Gasteiger partial charge >= 0.3 is 0 Å². The van der Waals surface area contributed by atoms with Crippen LogP contribution in [0.4, 0.5) is 4.53 Å². The van der Waals surface area contributed by atoms with Crippen LogP contribution in [0.25, 0.3) is 0 Å². The smallest absolute Gasteiger partial charge is 0.0876 e. The van der Waals surface area contributed by atoms with Gasteiger partial charge in [0.05, 0.1) is 6.61 Å². The Kier molecular flexibility index (Phi) is 20.3. The molecule has 0 bridgehead atoms. The number of hydrogen-bond acceptors (Lipinski definition) is 1. The topological polar surface area (TPSA) is 9.23 Å². The fourth-order valence-corrected chi connectivity index (χ4v) is 0.407. The maximum absolute atomic E-state index is 10.8. The molecule has 0 unspecified atom stereocenters. The molecule has 0 saturated heterocycles. The van der Waals surface area contributed by atoms with Gasteiger partial charge in [0.15, 0.2) is 0 Å². The maximum Gasteiger partial charge on any atom is 0.0876 e. The van der Waals surface area contributed by atoms with Crippen LogP contribution in [0.15, 0.2) is 0 Å². The Hall–Kier alpha value is -0.110. The molecule has 0 aromatic rings. The molecule has 0 aliphatic carbocycles. The standard InChI is InChI=1S/C5H11FO.C2H6/c1-2-3-4-5-7-6;1-2/h2-5H2,1H3;1-2H3. The minimum atomic E-state index is 0.258. The summed E-state index contributed by atoms with van der Waals surface area (Å²) in [5.41, 5.74) is 0. The lowest BCUT2D eigenvalue weighted by atomic mass is 10.3. The fourth-order valence-electron chi connectivity index (χ4n) is 0.407. The first kappa shape index (κ1) is 11.7. The zero-order chi connectivity index (χ0) is 7.54. The molecule has 0 heterocycles. The van der Waals surface area contributed by atoms with Crippen molar-refractivity contribution in [3.63, 3.8) is 0 Å². The van der Waals surface area contributed by atoms with Crippen molar-refractivity contribution in [3.8, 4) is 0 Å². The van der Waals surface area contributed by atoms with E-state index in [1.54, 1.807) is 0 Å². The highest BCUT2D eigenvalue weighted by molar-refractivity contribution is 4.31. The van der Waals surface area contributed by atoms with E-state index in [0.717, 1.165) is 19.3 Å². The quantitative estimate of drug-likeness (QED) is 0.539. The van der Waals surface area contributed by atoms with Crippen LogP contribution in [0.1, 0.15) is 40.0 Å². The molecule has 0 aromatic carbocycles. The third kappa shape index (κ3) is 18.1. The zero-order valence-corrected chi connectivity index (χ0v) is 6.61. The highest BCUT2D eigenvalue weighted by Gasteiger charge is 1.82. The van der Waals surface area contributed by atoms with E-state index in [4.69, 9.17) is 0 Å². The number of rotatable bonds is 4. The van der Waals surface area contributed by atoms with Gasteiger partial charge in [-0.25, -0.2) is 0 Å². The van der Waals surface area contributed by atoms with E-state index in [1.807, 2.05) is 13.8 Å². The molecule has 2 heteroatoms. The van der Waals surface area contributed by atoms with Crippen LogP contribution in [0.2, 0.25) is 0 Å². The molecule has 0 aliphatic rings. The first-order valence-electron chi connectivity index (χ1n) is 3.65. The number of halogens is 1. The van der Waals surface area contributed by atoms with Crippen LogP contribution in [0.5, 0.6) is 0 Å². The summed E-state index contributed by atoms with van der Waals surface area (Å²) in [4.78, 5) is 3.34. The van der Waals surface area contributed by atoms with Gasteiger partial charge in [-0.05, 0) is 10.9 Å². The summed E-state index contributed by atoms with van der Waals surface area (Å²) in [5, 5.41) is 0. The SMILES string of the molecule is CC.CCCCCOF. The van der Waals surface area contributed by atoms with Crippen molar-refractivity contribution in [2.45, 2.75) is 40.0 Å². The molecule has 1 nitrogen and oxygen atoms in total. The maximum atomic E-state index is 10.8. The van der Waals surface area contributed by atoms with Gasteiger partial charge in [-0.1, -0.05) is 33.6 Å². The van der Waals surface area contributed by atoms with Gasteiger partial charge in [0.1, 0.15) is 0 Å². The summed E-state index contributed by atoms with van der Waals surface area (Å²) in [6.45, 7) is 6.33. The predicted molar refractivity (Wildman–Crippen MR) is 37.9 cm³/mol. The lowest BCUT2D eigenvalue weighted by Gasteiger charge is -1.88. The van der Waals surface area contributed by atoms with E-state index in [2.05, 4.69) is 11.9 Å². The van der Waals surface area contributed by atoms with E-state index in [1.165, 1.54) is 0 Å². The van der Waals surface area contributed by atoms with Gasteiger partial charge in [0.25, 0.3) is 0 Å². The summed E-state index contributed by atoms with van der Waals surface area (Å²) in [5.74, 6) is 0. The lowest BCUT2D eigenvalue weighted by molar-refractivity contribution is -0.132. The van der Waals surface area contributed by atoms with E-state index >= 15 is 0 Å². The Labute approximate surface area is 57.1 Å². The first-order chi connectivity index (χ1) is 4.41. The number of hydrogen-bond donors (Lipinski definition) is 0. The average Bonchev–Trinajstić information content (AvgIpc) is 1.94. The molecule has 0 fully saturated rings. The summed E-state index contributed by atoms with van der Waals surface area (Å²) >= 11 is 0. The lowest BCUT2D eigenvalue weighted by Crippen LogP contribution is -1.82. The molecule has 0 spiro atoms. The van der Waals surface area contributed by atoms with Crippen molar-refractivity contribution >= 4 is 0 Å². The van der Waals surface area contributed by atoms with Crippen molar-refractivity contribution in [2.75, 3.05) is 6.61 Å². The Balaban J connectivity index is 0. The second-order valence-corrected chi connectivity index (χ2v) is 1.52. The van der Waals surface area contributed by atoms with Crippen LogP contribution in [0.3, 0.4) is 0 Å². The van der Waals surface area contributed by atoms with Gasteiger partial charge in [-0.15, -0.1) is 0 Å². The molecule has 0 amide bonds.